The predicted octanol–water partition coefficient (Wildman–Crippen LogP) is 3.50. The summed E-state index contributed by atoms with van der Waals surface area (Å²) in [6.45, 7) is 0.781. The minimum absolute atomic E-state index is 0.0373. The Hall–Kier alpha value is -3.65. The highest BCUT2D eigenvalue weighted by molar-refractivity contribution is 5.96. The van der Waals surface area contributed by atoms with Crippen LogP contribution >= 0.6 is 0 Å². The summed E-state index contributed by atoms with van der Waals surface area (Å²) in [5.41, 5.74) is 1.70. The normalized spacial score (nSPS) is 16.5. The smallest absolute Gasteiger partial charge is 0.257 e. The predicted molar refractivity (Wildman–Crippen MR) is 118 cm³/mol. The van der Waals surface area contributed by atoms with Gasteiger partial charge in [0.05, 0.1) is 31.6 Å². The molecule has 33 heavy (non-hydrogen) atoms. The molecule has 1 aromatic heterocycles. The molecule has 172 valence electrons. The first-order valence-electron chi connectivity index (χ1n) is 10.6. The number of furan rings is 1. The van der Waals surface area contributed by atoms with Crippen LogP contribution in [-0.4, -0.2) is 54.5 Å². The summed E-state index contributed by atoms with van der Waals surface area (Å²) in [5.74, 6) is -0.143. The lowest BCUT2D eigenvalue weighted by Crippen LogP contribution is -2.39. The van der Waals surface area contributed by atoms with Crippen molar-refractivity contribution in [1.29, 1.82) is 0 Å². The highest BCUT2D eigenvalue weighted by atomic mass is 19.1. The number of halogens is 1. The fourth-order valence-electron chi connectivity index (χ4n) is 3.73. The minimum Gasteiger partial charge on any atom is -0.497 e. The summed E-state index contributed by atoms with van der Waals surface area (Å²) in [6.07, 6.45) is 2.27. The van der Waals surface area contributed by atoms with Gasteiger partial charge in [-0.1, -0.05) is 30.3 Å². The number of carbonyl (C=O) groups excluding carboxylic acids is 2. The van der Waals surface area contributed by atoms with E-state index < -0.39 is 6.10 Å². The number of rotatable bonds is 7. The van der Waals surface area contributed by atoms with Crippen molar-refractivity contribution in [2.75, 3.05) is 26.7 Å². The molecule has 1 aliphatic heterocycles. The average Bonchev–Trinajstić information content (AvgIpc) is 3.32. The monoisotopic (exact) mass is 452 g/mol. The van der Waals surface area contributed by atoms with Crippen molar-refractivity contribution in [3.63, 3.8) is 0 Å². The lowest BCUT2D eigenvalue weighted by atomic mass is 10.2. The van der Waals surface area contributed by atoms with Gasteiger partial charge in [0.15, 0.2) is 0 Å². The van der Waals surface area contributed by atoms with Crippen molar-refractivity contribution >= 4 is 11.8 Å². The maximum Gasteiger partial charge on any atom is 0.257 e. The van der Waals surface area contributed by atoms with Gasteiger partial charge in [-0.15, -0.1) is 0 Å². The summed E-state index contributed by atoms with van der Waals surface area (Å²) in [6, 6.07) is 15.4. The van der Waals surface area contributed by atoms with Gasteiger partial charge in [-0.2, -0.15) is 0 Å². The molecule has 8 heteroatoms. The number of nitrogens with zero attached hydrogens (tertiary/aromatic N) is 2. The zero-order chi connectivity index (χ0) is 23.2. The summed E-state index contributed by atoms with van der Waals surface area (Å²) < 4.78 is 30.3. The number of hydrogen-bond donors (Lipinski definition) is 0. The van der Waals surface area contributed by atoms with E-state index >= 15 is 0 Å². The fourth-order valence-corrected chi connectivity index (χ4v) is 3.73. The van der Waals surface area contributed by atoms with E-state index in [0.29, 0.717) is 17.7 Å². The molecule has 0 radical (unpaired) electrons. The average molecular weight is 452 g/mol. The second-order valence-electron chi connectivity index (χ2n) is 7.84. The Bertz CT molecular complexity index is 1080. The molecule has 0 aliphatic carbocycles. The van der Waals surface area contributed by atoms with Gasteiger partial charge in [-0.05, 0) is 29.8 Å². The second-order valence-corrected chi connectivity index (χ2v) is 7.84. The van der Waals surface area contributed by atoms with E-state index in [1.807, 2.05) is 24.3 Å². The fraction of sp³-hybridized carbons (Fsp3) is 0.280. The van der Waals surface area contributed by atoms with Crippen molar-refractivity contribution in [3.05, 3.63) is 89.6 Å². The Balaban J connectivity index is 1.52. The summed E-state index contributed by atoms with van der Waals surface area (Å²) in [4.78, 5) is 29.1. The largest absolute Gasteiger partial charge is 0.497 e. The van der Waals surface area contributed by atoms with Gasteiger partial charge in [0.2, 0.25) is 5.91 Å². The number of carbonyl (C=O) groups is 2. The van der Waals surface area contributed by atoms with Crippen molar-refractivity contribution in [2.45, 2.75) is 19.3 Å². The van der Waals surface area contributed by atoms with Crippen LogP contribution in [0.3, 0.4) is 0 Å². The van der Waals surface area contributed by atoms with Crippen molar-refractivity contribution in [2.24, 2.45) is 0 Å². The standard InChI is InChI=1S/C25H25FN2O5/c1-31-21-8-6-18(7-9-21)12-27-13-22(33-17-19-4-2-3-5-23(19)26)14-28(15-24(27)29)25(30)20-10-11-32-16-20/h2-11,16,22H,12-15,17H2,1H3. The first-order chi connectivity index (χ1) is 16.0. The van der Waals surface area contributed by atoms with Gasteiger partial charge in [0.25, 0.3) is 5.91 Å². The molecule has 2 heterocycles. The van der Waals surface area contributed by atoms with Crippen LogP contribution in [0.2, 0.25) is 0 Å². The molecule has 0 saturated carbocycles. The van der Waals surface area contributed by atoms with Crippen LogP contribution in [0.1, 0.15) is 21.5 Å². The van der Waals surface area contributed by atoms with Crippen LogP contribution in [0.25, 0.3) is 0 Å². The van der Waals surface area contributed by atoms with Gasteiger partial charge in [-0.25, -0.2) is 4.39 Å². The van der Waals surface area contributed by atoms with E-state index in [4.69, 9.17) is 13.9 Å². The second kappa shape index (κ2) is 10.3. The molecular formula is C25H25FN2O5. The quantitative estimate of drug-likeness (QED) is 0.549. The molecule has 0 N–H and O–H groups in total. The van der Waals surface area contributed by atoms with E-state index in [1.165, 1.54) is 23.5 Å². The molecule has 4 rings (SSSR count). The third-order valence-electron chi connectivity index (χ3n) is 5.55. The van der Waals surface area contributed by atoms with Crippen LogP contribution in [0, 0.1) is 5.82 Å². The molecule has 1 fully saturated rings. The molecule has 2 aromatic carbocycles. The SMILES string of the molecule is COc1ccc(CN2CC(OCc3ccccc3F)CN(C(=O)c3ccoc3)CC2=O)cc1. The van der Waals surface area contributed by atoms with Crippen molar-refractivity contribution in [3.8, 4) is 5.75 Å². The Labute approximate surface area is 191 Å². The molecule has 1 aliphatic rings. The summed E-state index contributed by atoms with van der Waals surface area (Å²) >= 11 is 0. The minimum atomic E-state index is -0.495. The molecule has 7 nitrogen and oxygen atoms in total. The zero-order valence-electron chi connectivity index (χ0n) is 18.3. The van der Waals surface area contributed by atoms with Crippen LogP contribution in [0.15, 0.2) is 71.5 Å². The highest BCUT2D eigenvalue weighted by Crippen LogP contribution is 2.18. The van der Waals surface area contributed by atoms with E-state index in [0.717, 1.165) is 11.3 Å². The Morgan fingerprint density at radius 2 is 1.91 bits per heavy atom. The van der Waals surface area contributed by atoms with Gasteiger partial charge in [0.1, 0.15) is 24.4 Å². The van der Waals surface area contributed by atoms with E-state index in [1.54, 1.807) is 36.3 Å². The van der Waals surface area contributed by atoms with Gasteiger partial charge in [0, 0.05) is 25.2 Å². The summed E-state index contributed by atoms with van der Waals surface area (Å²) in [7, 11) is 1.59. The van der Waals surface area contributed by atoms with Crippen molar-refractivity contribution in [1.82, 2.24) is 9.80 Å². The van der Waals surface area contributed by atoms with E-state index in [-0.39, 0.29) is 43.9 Å². The van der Waals surface area contributed by atoms with E-state index in [9.17, 15) is 14.0 Å². The van der Waals surface area contributed by atoms with Crippen molar-refractivity contribution < 1.29 is 27.9 Å². The number of benzene rings is 2. The first kappa shape index (κ1) is 22.5. The highest BCUT2D eigenvalue weighted by Gasteiger charge is 2.32. The Morgan fingerprint density at radius 3 is 2.61 bits per heavy atom. The first-order valence-corrected chi connectivity index (χ1v) is 10.6. The molecular weight excluding hydrogens is 427 g/mol. The molecule has 3 aromatic rings. The molecule has 1 unspecified atom stereocenters. The molecule has 2 amide bonds. The van der Waals surface area contributed by atoms with Crippen LogP contribution < -0.4 is 4.74 Å². The Kier molecular flexibility index (Phi) is 7.04. The van der Waals surface area contributed by atoms with Crippen LogP contribution in [0.4, 0.5) is 4.39 Å². The van der Waals surface area contributed by atoms with E-state index in [2.05, 4.69) is 0 Å². The number of hydrogen-bond acceptors (Lipinski definition) is 5. The lowest BCUT2D eigenvalue weighted by molar-refractivity contribution is -0.132. The topological polar surface area (TPSA) is 72.2 Å². The van der Waals surface area contributed by atoms with Gasteiger partial charge in [-0.3, -0.25) is 9.59 Å². The Morgan fingerprint density at radius 1 is 1.12 bits per heavy atom. The molecule has 0 spiro atoms. The number of ether oxygens (including phenoxy) is 2. The summed E-state index contributed by atoms with van der Waals surface area (Å²) in [5, 5.41) is 0. The maximum absolute atomic E-state index is 14.1. The van der Waals surface area contributed by atoms with Crippen LogP contribution in [0.5, 0.6) is 5.75 Å². The van der Waals surface area contributed by atoms with Crippen LogP contribution in [-0.2, 0) is 22.7 Å². The number of amides is 2. The lowest BCUT2D eigenvalue weighted by Gasteiger charge is -2.25. The third-order valence-corrected chi connectivity index (χ3v) is 5.55. The maximum atomic E-state index is 14.1. The molecule has 1 saturated heterocycles. The molecule has 1 atom stereocenters. The van der Waals surface area contributed by atoms with Gasteiger partial charge < -0.3 is 23.7 Å². The number of methoxy groups -OCH3 is 1. The third kappa shape index (κ3) is 5.59. The molecule has 0 bridgehead atoms. The zero-order valence-corrected chi connectivity index (χ0v) is 18.3. The van der Waals surface area contributed by atoms with Gasteiger partial charge >= 0.3 is 0 Å².